The van der Waals surface area contributed by atoms with Gasteiger partial charge in [0.2, 0.25) is 0 Å². The van der Waals surface area contributed by atoms with Crippen LogP contribution in [-0.4, -0.2) is 0 Å². The van der Waals surface area contributed by atoms with Crippen molar-refractivity contribution in [2.24, 2.45) is 0 Å². The zero-order valence-corrected chi connectivity index (χ0v) is 34.3. The van der Waals surface area contributed by atoms with Gasteiger partial charge in [0.1, 0.15) is 0 Å². The van der Waals surface area contributed by atoms with Gasteiger partial charge in [-0.3, -0.25) is 0 Å². The molecule has 12 rings (SSSR count). The quantitative estimate of drug-likeness (QED) is 0.152. The summed E-state index contributed by atoms with van der Waals surface area (Å²) in [5.74, 6) is 0. The minimum Gasteiger partial charge on any atom is -0.310 e. The van der Waals surface area contributed by atoms with E-state index in [1.54, 1.807) is 0 Å². The second-order valence-corrected chi connectivity index (χ2v) is 17.1. The molecule has 10 aromatic rings. The summed E-state index contributed by atoms with van der Waals surface area (Å²) in [6.45, 7) is 4.81. The van der Waals surface area contributed by atoms with Crippen LogP contribution in [0.15, 0.2) is 224 Å². The highest BCUT2D eigenvalue weighted by Crippen LogP contribution is 2.56. The first-order chi connectivity index (χ1) is 30.0. The third kappa shape index (κ3) is 5.27. The van der Waals surface area contributed by atoms with Crippen LogP contribution in [0.25, 0.3) is 54.9 Å². The first kappa shape index (κ1) is 35.5. The van der Waals surface area contributed by atoms with Gasteiger partial charge in [-0.25, -0.2) is 0 Å². The van der Waals surface area contributed by atoms with Crippen LogP contribution in [0.2, 0.25) is 0 Å². The molecular formula is C60H43N. The number of hydrogen-bond donors (Lipinski definition) is 0. The maximum absolute atomic E-state index is 2.47. The standard InChI is InChI=1S/C60H43N/c1-59(44-16-5-3-6-17-44)55-23-13-11-21-51(55)53-35-32-47(38-57(53)59)61(46-30-27-40(28-31-46)42-29-34-50-43(37-42)26-25-41-15-9-10-20-49(41)50)48-33-36-54-52-22-12-14-24-56(52)60(2,58(54)39-48)45-18-7-4-8-19-45/h3-39H,1-2H3. The summed E-state index contributed by atoms with van der Waals surface area (Å²) in [7, 11) is 0. The fourth-order valence-corrected chi connectivity index (χ4v) is 10.8. The average Bonchev–Trinajstić information content (AvgIpc) is 3.75. The highest BCUT2D eigenvalue weighted by Gasteiger charge is 2.43. The van der Waals surface area contributed by atoms with E-state index in [0.717, 1.165) is 17.1 Å². The Bertz CT molecular complexity index is 3180. The van der Waals surface area contributed by atoms with Gasteiger partial charge in [0.25, 0.3) is 0 Å². The van der Waals surface area contributed by atoms with Crippen LogP contribution in [-0.2, 0) is 10.8 Å². The van der Waals surface area contributed by atoms with E-state index in [-0.39, 0.29) is 10.8 Å². The predicted octanol–water partition coefficient (Wildman–Crippen LogP) is 15.8. The van der Waals surface area contributed by atoms with Crippen molar-refractivity contribution in [3.05, 3.63) is 258 Å². The second-order valence-electron chi connectivity index (χ2n) is 17.1. The zero-order valence-electron chi connectivity index (χ0n) is 34.3. The number of hydrogen-bond acceptors (Lipinski definition) is 1. The lowest BCUT2D eigenvalue weighted by Crippen LogP contribution is -2.23. The lowest BCUT2D eigenvalue weighted by Gasteiger charge is -2.32. The largest absolute Gasteiger partial charge is 0.310 e. The Balaban J connectivity index is 1.04. The van der Waals surface area contributed by atoms with Gasteiger partial charge in [-0.2, -0.15) is 0 Å². The lowest BCUT2D eigenvalue weighted by atomic mass is 9.74. The monoisotopic (exact) mass is 777 g/mol. The SMILES string of the molecule is CC1(c2ccccc2)c2ccccc2-c2ccc(N(c3ccc(-c4ccc5c(ccc6ccccc65)c4)cc3)c3ccc4c(c3)C(C)(c3ccccc3)c3ccccc3-4)cc21. The molecule has 0 N–H and O–H groups in total. The predicted molar refractivity (Wildman–Crippen MR) is 256 cm³/mol. The van der Waals surface area contributed by atoms with Gasteiger partial charge in [0.15, 0.2) is 0 Å². The number of nitrogens with zero attached hydrogens (tertiary/aromatic N) is 1. The lowest BCUT2D eigenvalue weighted by molar-refractivity contribution is 0.713. The first-order valence-electron chi connectivity index (χ1n) is 21.4. The van der Waals surface area contributed by atoms with Crippen molar-refractivity contribution < 1.29 is 0 Å². The van der Waals surface area contributed by atoms with E-state index >= 15 is 0 Å². The van der Waals surface area contributed by atoms with Crippen LogP contribution in [0.4, 0.5) is 17.1 Å². The van der Waals surface area contributed by atoms with E-state index in [0.29, 0.717) is 0 Å². The maximum Gasteiger partial charge on any atom is 0.0465 e. The normalized spacial score (nSPS) is 17.1. The summed E-state index contributed by atoms with van der Waals surface area (Å²) in [5, 5.41) is 5.10. The highest BCUT2D eigenvalue weighted by atomic mass is 15.1. The van der Waals surface area contributed by atoms with E-state index in [9.17, 15) is 0 Å². The molecule has 0 fully saturated rings. The molecule has 1 heteroatoms. The first-order valence-corrected chi connectivity index (χ1v) is 21.4. The molecule has 0 heterocycles. The van der Waals surface area contributed by atoms with Crippen LogP contribution >= 0.6 is 0 Å². The smallest absolute Gasteiger partial charge is 0.0465 e. The minimum absolute atomic E-state index is 0.314. The van der Waals surface area contributed by atoms with Crippen molar-refractivity contribution in [3.8, 4) is 33.4 Å². The van der Waals surface area contributed by atoms with Crippen molar-refractivity contribution in [1.29, 1.82) is 0 Å². The van der Waals surface area contributed by atoms with E-state index in [2.05, 4.69) is 243 Å². The molecule has 0 radical (unpaired) electrons. The Labute approximate surface area is 357 Å². The van der Waals surface area contributed by atoms with Crippen molar-refractivity contribution in [3.63, 3.8) is 0 Å². The molecule has 0 saturated carbocycles. The number of rotatable bonds is 6. The Hall–Kier alpha value is -7.48. The summed E-state index contributed by atoms with van der Waals surface area (Å²) in [6.07, 6.45) is 0. The van der Waals surface area contributed by atoms with Crippen LogP contribution in [0.5, 0.6) is 0 Å². The van der Waals surface area contributed by atoms with Crippen LogP contribution in [0.1, 0.15) is 47.2 Å². The minimum atomic E-state index is -0.314. The summed E-state index contributed by atoms with van der Waals surface area (Å²) in [5.41, 5.74) is 18.3. The fraction of sp³-hybridized carbons (Fsp3) is 0.0667. The van der Waals surface area contributed by atoms with E-state index in [4.69, 9.17) is 0 Å². The molecule has 2 aliphatic carbocycles. The van der Waals surface area contributed by atoms with E-state index < -0.39 is 0 Å². The van der Waals surface area contributed by atoms with Crippen molar-refractivity contribution in [2.45, 2.75) is 24.7 Å². The van der Waals surface area contributed by atoms with Crippen molar-refractivity contribution in [2.75, 3.05) is 4.90 Å². The van der Waals surface area contributed by atoms with Gasteiger partial charge in [-0.15, -0.1) is 0 Å². The third-order valence-corrected chi connectivity index (χ3v) is 14.0. The molecule has 2 atom stereocenters. The Morgan fingerprint density at radius 2 is 0.738 bits per heavy atom. The third-order valence-electron chi connectivity index (χ3n) is 14.0. The molecule has 0 saturated heterocycles. The molecule has 0 spiro atoms. The molecule has 0 amide bonds. The molecule has 61 heavy (non-hydrogen) atoms. The highest BCUT2D eigenvalue weighted by molar-refractivity contribution is 6.08. The van der Waals surface area contributed by atoms with Gasteiger partial charge in [-0.1, -0.05) is 182 Å². The Morgan fingerprint density at radius 1 is 0.295 bits per heavy atom. The summed E-state index contributed by atoms with van der Waals surface area (Å²) < 4.78 is 0. The molecule has 0 aliphatic heterocycles. The molecule has 0 bridgehead atoms. The van der Waals surface area contributed by atoms with Gasteiger partial charge >= 0.3 is 0 Å². The summed E-state index contributed by atoms with van der Waals surface area (Å²) in [4.78, 5) is 2.47. The second kappa shape index (κ2) is 13.5. The number of anilines is 3. The molecule has 2 aliphatic rings. The van der Waals surface area contributed by atoms with Crippen molar-refractivity contribution >= 4 is 38.6 Å². The van der Waals surface area contributed by atoms with Crippen LogP contribution in [0, 0.1) is 0 Å². The average molecular weight is 778 g/mol. The number of benzene rings is 10. The van der Waals surface area contributed by atoms with E-state index in [1.807, 2.05) is 0 Å². The van der Waals surface area contributed by atoms with Gasteiger partial charge in [0, 0.05) is 27.9 Å². The molecule has 288 valence electrons. The van der Waals surface area contributed by atoms with Crippen LogP contribution in [0.3, 0.4) is 0 Å². The molecular weight excluding hydrogens is 735 g/mol. The number of fused-ring (bicyclic) bond motifs is 9. The Morgan fingerprint density at radius 3 is 1.33 bits per heavy atom. The zero-order chi connectivity index (χ0) is 40.7. The van der Waals surface area contributed by atoms with E-state index in [1.165, 1.54) is 88.3 Å². The summed E-state index contributed by atoms with van der Waals surface area (Å²) in [6, 6.07) is 83.5. The van der Waals surface area contributed by atoms with Gasteiger partial charge < -0.3 is 4.90 Å². The van der Waals surface area contributed by atoms with Gasteiger partial charge in [-0.05, 0) is 145 Å². The van der Waals surface area contributed by atoms with Gasteiger partial charge in [0.05, 0.1) is 0 Å². The molecule has 0 aromatic heterocycles. The summed E-state index contributed by atoms with van der Waals surface area (Å²) >= 11 is 0. The fourth-order valence-electron chi connectivity index (χ4n) is 10.8. The van der Waals surface area contributed by atoms with Crippen LogP contribution < -0.4 is 4.90 Å². The topological polar surface area (TPSA) is 3.24 Å². The molecule has 2 unspecified atom stereocenters. The maximum atomic E-state index is 2.47. The van der Waals surface area contributed by atoms with Crippen molar-refractivity contribution in [1.82, 2.24) is 0 Å². The molecule has 10 aromatic carbocycles. The Kier molecular flexibility index (Phi) is 7.86. The molecule has 1 nitrogen and oxygen atoms in total.